The van der Waals surface area contributed by atoms with Gasteiger partial charge in [-0.1, -0.05) is 19.1 Å². The van der Waals surface area contributed by atoms with Crippen LogP contribution in [0.3, 0.4) is 0 Å². The molecule has 2 N–H and O–H groups in total. The molecule has 0 aliphatic carbocycles. The maximum atomic E-state index is 9.06. The monoisotopic (exact) mass is 223 g/mol. The van der Waals surface area contributed by atoms with Crippen molar-refractivity contribution in [3.63, 3.8) is 0 Å². The molecule has 90 valence electrons. The van der Waals surface area contributed by atoms with E-state index in [2.05, 4.69) is 18.3 Å². The number of rotatable bonds is 6. The Bertz CT molecular complexity index is 322. The number of hydrogen-bond acceptors (Lipinski definition) is 3. The molecule has 0 aliphatic heterocycles. The van der Waals surface area contributed by atoms with Gasteiger partial charge in [0, 0.05) is 12.6 Å². The van der Waals surface area contributed by atoms with E-state index in [4.69, 9.17) is 9.84 Å². The van der Waals surface area contributed by atoms with Gasteiger partial charge in [0.15, 0.2) is 0 Å². The Morgan fingerprint density at radius 2 is 2.19 bits per heavy atom. The van der Waals surface area contributed by atoms with E-state index in [0.717, 1.165) is 24.3 Å². The lowest BCUT2D eigenvalue weighted by molar-refractivity contribution is 0.238. The van der Waals surface area contributed by atoms with Crippen molar-refractivity contribution in [1.82, 2.24) is 5.32 Å². The number of nitrogens with one attached hydrogen (secondary N) is 1. The first-order chi connectivity index (χ1) is 7.71. The summed E-state index contributed by atoms with van der Waals surface area (Å²) in [6, 6.07) is 6.31. The first-order valence-electron chi connectivity index (χ1n) is 5.69. The molecule has 0 spiro atoms. The van der Waals surface area contributed by atoms with Gasteiger partial charge in [-0.15, -0.1) is 0 Å². The van der Waals surface area contributed by atoms with Gasteiger partial charge in [-0.3, -0.25) is 0 Å². The van der Waals surface area contributed by atoms with E-state index in [1.165, 1.54) is 5.56 Å². The standard InChI is InChI=1S/C13H21NO2/c1-4-12(9-15)14-8-11-5-6-13(16-3)10(2)7-11/h5-7,12,14-15H,4,8-9H2,1-3H3/t12-/m1/s1. The highest BCUT2D eigenvalue weighted by molar-refractivity contribution is 5.36. The minimum Gasteiger partial charge on any atom is -0.496 e. The molecule has 0 aromatic heterocycles. The topological polar surface area (TPSA) is 41.5 Å². The summed E-state index contributed by atoms with van der Waals surface area (Å²) in [4.78, 5) is 0. The Hall–Kier alpha value is -1.06. The number of ether oxygens (including phenoxy) is 1. The SMILES string of the molecule is CC[C@H](CO)NCc1ccc(OC)c(C)c1. The molecule has 3 nitrogen and oxygen atoms in total. The maximum Gasteiger partial charge on any atom is 0.121 e. The summed E-state index contributed by atoms with van der Waals surface area (Å²) in [6.45, 7) is 5.06. The van der Waals surface area contributed by atoms with E-state index in [-0.39, 0.29) is 12.6 Å². The van der Waals surface area contributed by atoms with E-state index in [0.29, 0.717) is 0 Å². The fraction of sp³-hybridized carbons (Fsp3) is 0.538. The van der Waals surface area contributed by atoms with Crippen molar-refractivity contribution in [3.8, 4) is 5.75 Å². The van der Waals surface area contributed by atoms with Crippen molar-refractivity contribution in [2.45, 2.75) is 32.9 Å². The second-order valence-corrected chi connectivity index (χ2v) is 3.97. The summed E-state index contributed by atoms with van der Waals surface area (Å²) < 4.78 is 5.21. The lowest BCUT2D eigenvalue weighted by atomic mass is 10.1. The van der Waals surface area contributed by atoms with Gasteiger partial charge in [0.25, 0.3) is 0 Å². The number of aryl methyl sites for hydroxylation is 1. The molecule has 0 fully saturated rings. The van der Waals surface area contributed by atoms with Crippen LogP contribution in [0.2, 0.25) is 0 Å². The second kappa shape index (κ2) is 6.51. The van der Waals surface area contributed by atoms with Gasteiger partial charge in [-0.2, -0.15) is 0 Å². The van der Waals surface area contributed by atoms with E-state index >= 15 is 0 Å². The van der Waals surface area contributed by atoms with E-state index in [9.17, 15) is 0 Å². The van der Waals surface area contributed by atoms with Crippen LogP contribution in [0.15, 0.2) is 18.2 Å². The van der Waals surface area contributed by atoms with Gasteiger partial charge in [0.1, 0.15) is 5.75 Å². The van der Waals surface area contributed by atoms with Crippen LogP contribution >= 0.6 is 0 Å². The minimum absolute atomic E-state index is 0.183. The number of aliphatic hydroxyl groups is 1. The molecule has 1 rings (SSSR count). The first kappa shape index (κ1) is 13.0. The third-order valence-corrected chi connectivity index (χ3v) is 2.77. The number of methoxy groups -OCH3 is 1. The third-order valence-electron chi connectivity index (χ3n) is 2.77. The molecule has 16 heavy (non-hydrogen) atoms. The minimum atomic E-state index is 0.183. The molecule has 0 saturated carbocycles. The normalized spacial score (nSPS) is 12.5. The van der Waals surface area contributed by atoms with Crippen molar-refractivity contribution in [2.75, 3.05) is 13.7 Å². The molecule has 0 radical (unpaired) electrons. The van der Waals surface area contributed by atoms with Gasteiger partial charge in [0.05, 0.1) is 13.7 Å². The van der Waals surface area contributed by atoms with Gasteiger partial charge in [-0.05, 0) is 30.5 Å². The highest BCUT2D eigenvalue weighted by Gasteiger charge is 2.04. The third kappa shape index (κ3) is 3.51. The zero-order valence-corrected chi connectivity index (χ0v) is 10.3. The fourth-order valence-electron chi connectivity index (χ4n) is 1.65. The smallest absolute Gasteiger partial charge is 0.121 e. The molecule has 0 bridgehead atoms. The molecule has 1 aromatic carbocycles. The molecule has 3 heteroatoms. The fourth-order valence-corrected chi connectivity index (χ4v) is 1.65. The number of benzene rings is 1. The highest BCUT2D eigenvalue weighted by atomic mass is 16.5. The van der Waals surface area contributed by atoms with Crippen LogP contribution in [0.5, 0.6) is 5.75 Å². The van der Waals surface area contributed by atoms with Crippen molar-refractivity contribution in [1.29, 1.82) is 0 Å². The van der Waals surface area contributed by atoms with E-state index < -0.39 is 0 Å². The Morgan fingerprint density at radius 1 is 1.44 bits per heavy atom. The van der Waals surface area contributed by atoms with Crippen molar-refractivity contribution in [2.24, 2.45) is 0 Å². The van der Waals surface area contributed by atoms with Crippen molar-refractivity contribution < 1.29 is 9.84 Å². The van der Waals surface area contributed by atoms with E-state index in [1.54, 1.807) is 7.11 Å². The van der Waals surface area contributed by atoms with Crippen LogP contribution in [-0.2, 0) is 6.54 Å². The predicted octanol–water partition coefficient (Wildman–Crippen LogP) is 1.86. The average molecular weight is 223 g/mol. The first-order valence-corrected chi connectivity index (χ1v) is 5.69. The molecular weight excluding hydrogens is 202 g/mol. The van der Waals surface area contributed by atoms with Crippen LogP contribution in [0.1, 0.15) is 24.5 Å². The van der Waals surface area contributed by atoms with Gasteiger partial charge in [-0.25, -0.2) is 0 Å². The zero-order valence-electron chi connectivity index (χ0n) is 10.3. The molecule has 1 aromatic rings. The molecule has 0 amide bonds. The van der Waals surface area contributed by atoms with Crippen LogP contribution < -0.4 is 10.1 Å². The van der Waals surface area contributed by atoms with Gasteiger partial charge in [0.2, 0.25) is 0 Å². The predicted molar refractivity (Wildman–Crippen MR) is 65.7 cm³/mol. The van der Waals surface area contributed by atoms with Gasteiger partial charge >= 0.3 is 0 Å². The van der Waals surface area contributed by atoms with Crippen LogP contribution in [0.25, 0.3) is 0 Å². The number of hydrogen-bond donors (Lipinski definition) is 2. The summed E-state index contributed by atoms with van der Waals surface area (Å²) in [5.74, 6) is 0.915. The summed E-state index contributed by atoms with van der Waals surface area (Å²) in [7, 11) is 1.68. The highest BCUT2D eigenvalue weighted by Crippen LogP contribution is 2.18. The summed E-state index contributed by atoms with van der Waals surface area (Å²) in [6.07, 6.45) is 0.936. The van der Waals surface area contributed by atoms with Crippen molar-refractivity contribution >= 4 is 0 Å². The molecule has 1 atom stereocenters. The summed E-state index contributed by atoms with van der Waals surface area (Å²) in [5, 5.41) is 12.4. The van der Waals surface area contributed by atoms with Crippen LogP contribution in [0.4, 0.5) is 0 Å². The molecule has 0 unspecified atom stereocenters. The average Bonchev–Trinajstić information content (AvgIpc) is 2.30. The Balaban J connectivity index is 2.58. The van der Waals surface area contributed by atoms with Crippen molar-refractivity contribution in [3.05, 3.63) is 29.3 Å². The Kier molecular flexibility index (Phi) is 5.29. The number of aliphatic hydroxyl groups excluding tert-OH is 1. The molecule has 0 aliphatic rings. The quantitative estimate of drug-likeness (QED) is 0.773. The Morgan fingerprint density at radius 3 is 2.69 bits per heavy atom. The lowest BCUT2D eigenvalue weighted by Gasteiger charge is -2.14. The lowest BCUT2D eigenvalue weighted by Crippen LogP contribution is -2.31. The summed E-state index contributed by atoms with van der Waals surface area (Å²) in [5.41, 5.74) is 2.35. The largest absolute Gasteiger partial charge is 0.496 e. The molecular formula is C13H21NO2. The van der Waals surface area contributed by atoms with Crippen LogP contribution in [0, 0.1) is 6.92 Å². The molecule has 0 heterocycles. The Labute approximate surface area is 97.4 Å². The summed E-state index contributed by atoms with van der Waals surface area (Å²) >= 11 is 0. The van der Waals surface area contributed by atoms with E-state index in [1.807, 2.05) is 19.1 Å². The van der Waals surface area contributed by atoms with Gasteiger partial charge < -0.3 is 15.2 Å². The van der Waals surface area contributed by atoms with Crippen LogP contribution in [-0.4, -0.2) is 24.9 Å². The zero-order chi connectivity index (χ0) is 12.0. The maximum absolute atomic E-state index is 9.06. The molecule has 0 saturated heterocycles. The second-order valence-electron chi connectivity index (χ2n) is 3.97.